The zero-order valence-corrected chi connectivity index (χ0v) is 30.4. The van der Waals surface area contributed by atoms with Gasteiger partial charge in [-0.25, -0.2) is 9.59 Å². The molecule has 0 heterocycles. The lowest BCUT2D eigenvalue weighted by atomic mass is 9.98. The Morgan fingerprint density at radius 3 is 2.15 bits per heavy atom. The van der Waals surface area contributed by atoms with Crippen molar-refractivity contribution in [2.75, 3.05) is 25.6 Å². The van der Waals surface area contributed by atoms with Crippen molar-refractivity contribution in [3.8, 4) is 11.1 Å². The molecule has 0 fully saturated rings. The number of carbonyl (C=O) groups is 4. The van der Waals surface area contributed by atoms with Gasteiger partial charge in [0.25, 0.3) is 0 Å². The third-order valence-electron chi connectivity index (χ3n) is 8.72. The normalized spacial score (nSPS) is 14.0. The number of thioether (sulfide) groups is 1. The lowest BCUT2D eigenvalue weighted by Crippen LogP contribution is -2.47. The molecule has 0 saturated carbocycles. The molecule has 4 rings (SSSR count). The summed E-state index contributed by atoms with van der Waals surface area (Å²) in [5.74, 6) is -1.17. The maximum absolute atomic E-state index is 13.4. The van der Waals surface area contributed by atoms with Crippen molar-refractivity contribution in [2.24, 2.45) is 5.92 Å². The summed E-state index contributed by atoms with van der Waals surface area (Å²) in [6.07, 6.45) is 3.33. The molecule has 0 bridgehead atoms. The Labute approximate surface area is 310 Å². The Bertz CT molecular complexity index is 1620. The third-order valence-corrected chi connectivity index (χ3v) is 9.89. The largest absolute Gasteiger partial charge is 0.462 e. The van der Waals surface area contributed by atoms with Gasteiger partial charge in [0.1, 0.15) is 19.3 Å². The molecule has 0 unspecified atom stereocenters. The summed E-state index contributed by atoms with van der Waals surface area (Å²) in [4.78, 5) is 52.5. The number of aliphatic hydroxyl groups is 1. The Balaban J connectivity index is 1.38. The summed E-state index contributed by atoms with van der Waals surface area (Å²) in [6, 6.07) is 23.9. The fourth-order valence-corrected chi connectivity index (χ4v) is 7.04. The van der Waals surface area contributed by atoms with Crippen molar-refractivity contribution >= 4 is 35.6 Å². The molecule has 4 atom stereocenters. The fraction of sp³-hybridized carbons (Fsp3) is 0.366. The quantitative estimate of drug-likeness (QED) is 0.0785. The number of fused-ring (bicyclic) bond motifs is 3. The van der Waals surface area contributed by atoms with E-state index < -0.39 is 36.1 Å². The summed E-state index contributed by atoms with van der Waals surface area (Å²) in [5, 5.41) is 17.6. The summed E-state index contributed by atoms with van der Waals surface area (Å²) < 4.78 is 11.4. The number of hydrogen-bond donors (Lipinski definition) is 4. The maximum atomic E-state index is 13.4. The first kappa shape index (κ1) is 39.9. The molecule has 11 heteroatoms. The zero-order chi connectivity index (χ0) is 37.3. The molecule has 3 aromatic carbocycles. The first-order valence-corrected chi connectivity index (χ1v) is 18.7. The van der Waals surface area contributed by atoms with Gasteiger partial charge in [0.15, 0.2) is 0 Å². The second-order valence-electron chi connectivity index (χ2n) is 12.8. The van der Waals surface area contributed by atoms with Gasteiger partial charge in [0.05, 0.1) is 18.6 Å². The van der Waals surface area contributed by atoms with Gasteiger partial charge in [0, 0.05) is 29.9 Å². The van der Waals surface area contributed by atoms with Gasteiger partial charge in [-0.3, -0.25) is 9.59 Å². The van der Waals surface area contributed by atoms with Crippen LogP contribution in [-0.2, 0) is 29.6 Å². The molecular weight excluding hydrogens is 679 g/mol. The van der Waals surface area contributed by atoms with E-state index in [1.807, 2.05) is 66.7 Å². The van der Waals surface area contributed by atoms with E-state index in [4.69, 9.17) is 9.47 Å². The standard InChI is InChI=1S/C41H49N3O7S/c1-4-6-21-37(44-41(49)51-25-36-34-19-12-10-17-32(34)33-18-11-13-20-35(33)36)40(48)50-24-31(27-52-26-29-15-8-7-9-16-29)43-39(47)30(14-5-2)22-38(46)42-28(3)23-45/h4-5,7-13,15-20,28,30-31,36-37,45H,1-2,6,14,21-27H2,3H3,(H,42,46)(H,43,47)(H,44,49)/t28-,30+,31+,37-/m0/s1. The Morgan fingerprint density at radius 1 is 0.865 bits per heavy atom. The van der Waals surface area contributed by atoms with Crippen LogP contribution in [0.25, 0.3) is 11.1 Å². The second-order valence-corrected chi connectivity index (χ2v) is 13.8. The topological polar surface area (TPSA) is 143 Å². The lowest BCUT2D eigenvalue weighted by molar-refractivity contribution is -0.147. The number of alkyl carbamates (subject to hydrolysis) is 1. The monoisotopic (exact) mass is 727 g/mol. The van der Waals surface area contributed by atoms with Crippen molar-refractivity contribution in [1.29, 1.82) is 0 Å². The Hall–Kier alpha value is -4.87. The molecule has 0 aliphatic heterocycles. The number of esters is 1. The minimum absolute atomic E-state index is 0.0959. The number of hydrogen-bond acceptors (Lipinski definition) is 8. The fourth-order valence-electron chi connectivity index (χ4n) is 6.03. The molecule has 276 valence electrons. The van der Waals surface area contributed by atoms with E-state index in [2.05, 4.69) is 41.2 Å². The van der Waals surface area contributed by atoms with E-state index in [0.717, 1.165) is 27.8 Å². The Morgan fingerprint density at radius 2 is 1.52 bits per heavy atom. The average molecular weight is 728 g/mol. The molecule has 1 aliphatic carbocycles. The molecule has 3 amide bonds. The van der Waals surface area contributed by atoms with Crippen molar-refractivity contribution in [1.82, 2.24) is 16.0 Å². The van der Waals surface area contributed by atoms with Crippen LogP contribution < -0.4 is 16.0 Å². The van der Waals surface area contributed by atoms with E-state index in [0.29, 0.717) is 17.9 Å². The minimum atomic E-state index is -1.01. The first-order chi connectivity index (χ1) is 25.2. The second kappa shape index (κ2) is 20.8. The number of aliphatic hydroxyl groups excluding tert-OH is 1. The van der Waals surface area contributed by atoms with Crippen LogP contribution in [0.5, 0.6) is 0 Å². The molecule has 0 spiro atoms. The van der Waals surface area contributed by atoms with E-state index in [9.17, 15) is 24.3 Å². The van der Waals surface area contributed by atoms with Crippen LogP contribution in [0.15, 0.2) is 104 Å². The van der Waals surface area contributed by atoms with Gasteiger partial charge < -0.3 is 30.5 Å². The summed E-state index contributed by atoms with van der Waals surface area (Å²) >= 11 is 1.56. The Kier molecular flexibility index (Phi) is 16.0. The number of rotatable bonds is 21. The van der Waals surface area contributed by atoms with E-state index in [1.54, 1.807) is 30.8 Å². The lowest BCUT2D eigenvalue weighted by Gasteiger charge is -2.24. The highest BCUT2D eigenvalue weighted by atomic mass is 32.2. The van der Waals surface area contributed by atoms with Crippen molar-refractivity contribution in [2.45, 2.75) is 62.4 Å². The van der Waals surface area contributed by atoms with Crippen LogP contribution in [0.1, 0.15) is 55.2 Å². The smallest absolute Gasteiger partial charge is 0.407 e. The predicted octanol–water partition coefficient (Wildman–Crippen LogP) is 5.90. The summed E-state index contributed by atoms with van der Waals surface area (Å²) in [7, 11) is 0. The number of allylic oxidation sites excluding steroid dienone is 2. The average Bonchev–Trinajstić information content (AvgIpc) is 3.47. The van der Waals surface area contributed by atoms with E-state index >= 15 is 0 Å². The van der Waals surface area contributed by atoms with Crippen LogP contribution in [-0.4, -0.2) is 72.7 Å². The summed E-state index contributed by atoms with van der Waals surface area (Å²) in [5.41, 5.74) is 5.48. The molecule has 0 aromatic heterocycles. The maximum Gasteiger partial charge on any atom is 0.407 e. The van der Waals surface area contributed by atoms with Crippen LogP contribution in [0, 0.1) is 5.92 Å². The van der Waals surface area contributed by atoms with Gasteiger partial charge in [-0.15, -0.1) is 13.2 Å². The highest BCUT2D eigenvalue weighted by Gasteiger charge is 2.31. The number of amides is 3. The molecule has 0 saturated heterocycles. The zero-order valence-electron chi connectivity index (χ0n) is 29.6. The van der Waals surface area contributed by atoms with Crippen LogP contribution in [0.3, 0.4) is 0 Å². The van der Waals surface area contributed by atoms with Gasteiger partial charge in [-0.2, -0.15) is 11.8 Å². The molecule has 52 heavy (non-hydrogen) atoms. The first-order valence-electron chi connectivity index (χ1n) is 17.6. The molecule has 3 aromatic rings. The molecule has 0 radical (unpaired) electrons. The highest BCUT2D eigenvalue weighted by Crippen LogP contribution is 2.44. The van der Waals surface area contributed by atoms with Crippen molar-refractivity contribution in [3.05, 3.63) is 121 Å². The van der Waals surface area contributed by atoms with Gasteiger partial charge in [-0.1, -0.05) is 91.0 Å². The van der Waals surface area contributed by atoms with Crippen LogP contribution in [0.2, 0.25) is 0 Å². The number of nitrogens with one attached hydrogen (secondary N) is 3. The van der Waals surface area contributed by atoms with E-state index in [-0.39, 0.29) is 56.8 Å². The van der Waals surface area contributed by atoms with Crippen LogP contribution in [0.4, 0.5) is 4.79 Å². The van der Waals surface area contributed by atoms with Crippen molar-refractivity contribution < 1.29 is 33.8 Å². The highest BCUT2D eigenvalue weighted by molar-refractivity contribution is 7.98. The molecule has 4 N–H and O–H groups in total. The minimum Gasteiger partial charge on any atom is -0.462 e. The molecule has 10 nitrogen and oxygen atoms in total. The van der Waals surface area contributed by atoms with Crippen molar-refractivity contribution in [3.63, 3.8) is 0 Å². The molecule has 1 aliphatic rings. The van der Waals surface area contributed by atoms with E-state index in [1.165, 1.54) is 0 Å². The number of carbonyl (C=O) groups excluding carboxylic acids is 4. The predicted molar refractivity (Wildman–Crippen MR) is 205 cm³/mol. The van der Waals surface area contributed by atoms with Gasteiger partial charge in [-0.05, 0) is 54.0 Å². The SMILES string of the molecule is C=CCC[C@H](NC(=O)OCC1c2ccccc2-c2ccccc21)C(=O)OC[C@H](CSCc1ccccc1)NC(=O)[C@H](CC=C)CC(=O)N[C@@H](C)CO. The molecular formula is C41H49N3O7S. The van der Waals surface area contributed by atoms with Crippen LogP contribution >= 0.6 is 11.8 Å². The summed E-state index contributed by atoms with van der Waals surface area (Å²) in [6.45, 7) is 8.87. The number of benzene rings is 3. The van der Waals surface area contributed by atoms with Gasteiger partial charge >= 0.3 is 12.1 Å². The number of ether oxygens (including phenoxy) is 2. The van der Waals surface area contributed by atoms with Gasteiger partial charge in [0.2, 0.25) is 11.8 Å². The third kappa shape index (κ3) is 11.8.